The number of pyridine rings is 1. The highest BCUT2D eigenvalue weighted by Gasteiger charge is 2.12. The predicted molar refractivity (Wildman–Crippen MR) is 86.6 cm³/mol. The van der Waals surface area contributed by atoms with Gasteiger partial charge in [0.15, 0.2) is 11.4 Å². The lowest BCUT2D eigenvalue weighted by molar-refractivity contribution is 1.05. The molecule has 3 aromatic rings. The third-order valence-electron chi connectivity index (χ3n) is 3.26. The maximum Gasteiger partial charge on any atom is 0.271 e. The summed E-state index contributed by atoms with van der Waals surface area (Å²) in [4.78, 5) is 23.2. The molecule has 2 aromatic heterocycles. The number of benzene rings is 1. The summed E-state index contributed by atoms with van der Waals surface area (Å²) in [5, 5.41) is 12.2. The SMILES string of the molecule is N#Cc1c(NCc2cccnc2)nc(-c2ccccc2)[nH]c1=O. The molecule has 0 bridgehead atoms. The molecule has 0 unspecified atom stereocenters. The van der Waals surface area contributed by atoms with Crippen molar-refractivity contribution in [2.24, 2.45) is 0 Å². The fraction of sp³-hybridized carbons (Fsp3) is 0.0588. The highest BCUT2D eigenvalue weighted by molar-refractivity contribution is 5.60. The van der Waals surface area contributed by atoms with E-state index in [4.69, 9.17) is 0 Å². The van der Waals surface area contributed by atoms with Crippen molar-refractivity contribution >= 4 is 5.82 Å². The summed E-state index contributed by atoms with van der Waals surface area (Å²) in [5.74, 6) is 0.683. The first kappa shape index (κ1) is 14.5. The van der Waals surface area contributed by atoms with E-state index in [9.17, 15) is 10.1 Å². The monoisotopic (exact) mass is 303 g/mol. The molecule has 0 saturated heterocycles. The summed E-state index contributed by atoms with van der Waals surface area (Å²) in [6.07, 6.45) is 3.40. The highest BCUT2D eigenvalue weighted by Crippen LogP contribution is 2.16. The van der Waals surface area contributed by atoms with Crippen molar-refractivity contribution in [1.29, 1.82) is 5.26 Å². The zero-order valence-electron chi connectivity index (χ0n) is 12.2. The lowest BCUT2D eigenvalue weighted by Gasteiger charge is -2.09. The van der Waals surface area contributed by atoms with Crippen LogP contribution in [-0.2, 0) is 6.54 Å². The molecule has 0 radical (unpaired) electrons. The van der Waals surface area contributed by atoms with E-state index in [0.29, 0.717) is 12.4 Å². The quantitative estimate of drug-likeness (QED) is 0.771. The van der Waals surface area contributed by atoms with Crippen LogP contribution in [0.4, 0.5) is 5.82 Å². The van der Waals surface area contributed by atoms with Crippen LogP contribution in [0.25, 0.3) is 11.4 Å². The molecule has 0 aliphatic carbocycles. The smallest absolute Gasteiger partial charge is 0.271 e. The maximum atomic E-state index is 12.1. The number of H-pyrrole nitrogens is 1. The van der Waals surface area contributed by atoms with Gasteiger partial charge < -0.3 is 10.3 Å². The Kier molecular flexibility index (Phi) is 4.11. The number of nitriles is 1. The number of aromatic nitrogens is 3. The molecule has 6 heteroatoms. The third kappa shape index (κ3) is 3.24. The summed E-state index contributed by atoms with van der Waals surface area (Å²) in [5.41, 5.74) is 1.21. The second kappa shape index (κ2) is 6.54. The molecule has 23 heavy (non-hydrogen) atoms. The van der Waals surface area contributed by atoms with Crippen molar-refractivity contribution in [3.63, 3.8) is 0 Å². The summed E-state index contributed by atoms with van der Waals surface area (Å²) in [6.45, 7) is 0.424. The van der Waals surface area contributed by atoms with Crippen LogP contribution in [0.2, 0.25) is 0 Å². The van der Waals surface area contributed by atoms with Gasteiger partial charge in [0.1, 0.15) is 11.9 Å². The van der Waals surface area contributed by atoms with Gasteiger partial charge >= 0.3 is 0 Å². The number of rotatable bonds is 4. The lowest BCUT2D eigenvalue weighted by atomic mass is 10.2. The van der Waals surface area contributed by atoms with E-state index in [-0.39, 0.29) is 11.4 Å². The number of anilines is 1. The Morgan fingerprint density at radius 1 is 1.17 bits per heavy atom. The van der Waals surface area contributed by atoms with E-state index in [0.717, 1.165) is 11.1 Å². The van der Waals surface area contributed by atoms with E-state index in [1.54, 1.807) is 12.4 Å². The second-order valence-electron chi connectivity index (χ2n) is 4.83. The van der Waals surface area contributed by atoms with E-state index in [1.807, 2.05) is 48.5 Å². The molecular weight excluding hydrogens is 290 g/mol. The van der Waals surface area contributed by atoms with Crippen LogP contribution in [0, 0.1) is 11.3 Å². The first-order valence-corrected chi connectivity index (χ1v) is 7.00. The highest BCUT2D eigenvalue weighted by atomic mass is 16.1. The summed E-state index contributed by atoms with van der Waals surface area (Å²) >= 11 is 0. The zero-order chi connectivity index (χ0) is 16.1. The number of nitrogens with zero attached hydrogens (tertiary/aromatic N) is 3. The average Bonchev–Trinajstić information content (AvgIpc) is 2.61. The molecule has 112 valence electrons. The van der Waals surface area contributed by atoms with Crippen molar-refractivity contribution in [3.05, 3.63) is 76.3 Å². The van der Waals surface area contributed by atoms with Crippen LogP contribution < -0.4 is 10.9 Å². The second-order valence-corrected chi connectivity index (χ2v) is 4.83. The first-order valence-electron chi connectivity index (χ1n) is 7.00. The van der Waals surface area contributed by atoms with Crippen molar-refractivity contribution in [2.75, 3.05) is 5.32 Å². The molecule has 0 saturated carbocycles. The third-order valence-corrected chi connectivity index (χ3v) is 3.26. The van der Waals surface area contributed by atoms with Gasteiger partial charge in [0.25, 0.3) is 5.56 Å². The van der Waals surface area contributed by atoms with Crippen LogP contribution in [0.1, 0.15) is 11.1 Å². The number of nitrogens with one attached hydrogen (secondary N) is 2. The number of hydrogen-bond donors (Lipinski definition) is 2. The van der Waals surface area contributed by atoms with E-state index >= 15 is 0 Å². The standard InChI is InChI=1S/C17H13N5O/c18-9-14-16(20-11-12-5-4-8-19-10-12)21-15(22-17(14)23)13-6-2-1-3-7-13/h1-8,10H,11H2,(H2,20,21,22,23). The van der Waals surface area contributed by atoms with Gasteiger partial charge in [-0.2, -0.15) is 5.26 Å². The Labute approximate surface area is 132 Å². The number of hydrogen-bond acceptors (Lipinski definition) is 5. The molecule has 6 nitrogen and oxygen atoms in total. The topological polar surface area (TPSA) is 94.5 Å². The molecule has 3 rings (SSSR count). The van der Waals surface area contributed by atoms with Crippen LogP contribution in [0.15, 0.2) is 59.7 Å². The molecule has 0 spiro atoms. The molecular formula is C17H13N5O. The van der Waals surface area contributed by atoms with Crippen LogP contribution in [-0.4, -0.2) is 15.0 Å². The van der Waals surface area contributed by atoms with Crippen LogP contribution in [0.5, 0.6) is 0 Å². The van der Waals surface area contributed by atoms with Crippen molar-refractivity contribution in [3.8, 4) is 17.5 Å². The minimum absolute atomic E-state index is 0.0337. The fourth-order valence-corrected chi connectivity index (χ4v) is 2.13. The Balaban J connectivity index is 1.96. The minimum atomic E-state index is -0.463. The Morgan fingerprint density at radius 2 is 2.00 bits per heavy atom. The molecule has 0 aliphatic heterocycles. The fourth-order valence-electron chi connectivity index (χ4n) is 2.13. The van der Waals surface area contributed by atoms with Gasteiger partial charge in [-0.1, -0.05) is 36.4 Å². The van der Waals surface area contributed by atoms with Gasteiger partial charge in [-0.3, -0.25) is 9.78 Å². The van der Waals surface area contributed by atoms with E-state index in [2.05, 4.69) is 20.3 Å². The lowest BCUT2D eigenvalue weighted by Crippen LogP contribution is -2.17. The summed E-state index contributed by atoms with van der Waals surface area (Å²) in [7, 11) is 0. The van der Waals surface area contributed by atoms with Crippen LogP contribution in [0.3, 0.4) is 0 Å². The minimum Gasteiger partial charge on any atom is -0.365 e. The van der Waals surface area contributed by atoms with E-state index < -0.39 is 5.56 Å². The first-order chi connectivity index (χ1) is 11.3. The molecule has 0 amide bonds. The van der Waals surface area contributed by atoms with Gasteiger partial charge in [0, 0.05) is 24.5 Å². The van der Waals surface area contributed by atoms with Gasteiger partial charge in [-0.05, 0) is 11.6 Å². The van der Waals surface area contributed by atoms with Gasteiger partial charge in [-0.25, -0.2) is 4.98 Å². The molecule has 1 aromatic carbocycles. The predicted octanol–water partition coefficient (Wildman–Crippen LogP) is 2.32. The Bertz CT molecular complexity index is 898. The summed E-state index contributed by atoms with van der Waals surface area (Å²) in [6, 6.07) is 14.9. The van der Waals surface area contributed by atoms with E-state index in [1.165, 1.54) is 0 Å². The maximum absolute atomic E-state index is 12.1. The normalized spacial score (nSPS) is 10.0. The van der Waals surface area contributed by atoms with Gasteiger partial charge in [0.05, 0.1) is 0 Å². The average molecular weight is 303 g/mol. The molecule has 0 atom stereocenters. The zero-order valence-corrected chi connectivity index (χ0v) is 12.2. The molecule has 0 aliphatic rings. The Hall–Kier alpha value is -3.46. The van der Waals surface area contributed by atoms with Crippen molar-refractivity contribution < 1.29 is 0 Å². The molecule has 2 N–H and O–H groups in total. The largest absolute Gasteiger partial charge is 0.365 e. The molecule has 2 heterocycles. The van der Waals surface area contributed by atoms with Crippen molar-refractivity contribution in [1.82, 2.24) is 15.0 Å². The molecule has 0 fully saturated rings. The van der Waals surface area contributed by atoms with Crippen molar-refractivity contribution in [2.45, 2.75) is 6.54 Å². The Morgan fingerprint density at radius 3 is 2.70 bits per heavy atom. The number of aromatic amines is 1. The summed E-state index contributed by atoms with van der Waals surface area (Å²) < 4.78 is 0. The van der Waals surface area contributed by atoms with Gasteiger partial charge in [0.2, 0.25) is 0 Å². The van der Waals surface area contributed by atoms with Gasteiger partial charge in [-0.15, -0.1) is 0 Å². The van der Waals surface area contributed by atoms with Crippen LogP contribution >= 0.6 is 0 Å².